The predicted octanol–water partition coefficient (Wildman–Crippen LogP) is 1.21. The van der Waals surface area contributed by atoms with Gasteiger partial charge in [-0.3, -0.25) is 4.99 Å². The quantitative estimate of drug-likeness (QED) is 0.424. The van der Waals surface area contributed by atoms with Crippen LogP contribution in [0.2, 0.25) is 0 Å². The first-order valence-corrected chi connectivity index (χ1v) is 5.97. The lowest BCUT2D eigenvalue weighted by Crippen LogP contribution is -2.44. The van der Waals surface area contributed by atoms with Gasteiger partial charge in [-0.1, -0.05) is 26.2 Å². The van der Waals surface area contributed by atoms with Crippen molar-refractivity contribution in [2.75, 3.05) is 32.8 Å². The molecule has 1 fully saturated rings. The van der Waals surface area contributed by atoms with Crippen molar-refractivity contribution in [3.63, 3.8) is 0 Å². The second-order valence-electron chi connectivity index (χ2n) is 3.90. The summed E-state index contributed by atoms with van der Waals surface area (Å²) in [4.78, 5) is 6.48. The number of guanidine groups is 1. The summed E-state index contributed by atoms with van der Waals surface area (Å²) in [6, 6.07) is 0. The number of hydrogen-bond acceptors (Lipinski definition) is 2. The molecule has 0 saturated carbocycles. The number of unbranched alkanes of at least 4 members (excludes halogenated alkanes) is 3. The summed E-state index contributed by atoms with van der Waals surface area (Å²) in [6.07, 6.45) is 4.98. The van der Waals surface area contributed by atoms with Crippen LogP contribution >= 0.6 is 0 Å². The number of nitrogens with two attached hydrogens (primary N) is 1. The third kappa shape index (κ3) is 5.02. The van der Waals surface area contributed by atoms with E-state index in [1.165, 1.54) is 19.3 Å². The number of ether oxygens (including phenoxy) is 1. The number of hydrogen-bond donors (Lipinski definition) is 1. The number of aliphatic imine (C=N–C) groups is 1. The third-order valence-electron chi connectivity index (χ3n) is 2.62. The highest BCUT2D eigenvalue weighted by atomic mass is 16.5. The first kappa shape index (κ1) is 12.3. The molecule has 88 valence electrons. The highest BCUT2D eigenvalue weighted by Crippen LogP contribution is 2.00. The fourth-order valence-electron chi connectivity index (χ4n) is 1.62. The van der Waals surface area contributed by atoms with Gasteiger partial charge in [0.15, 0.2) is 5.96 Å². The highest BCUT2D eigenvalue weighted by Gasteiger charge is 2.11. The minimum atomic E-state index is 0.690. The van der Waals surface area contributed by atoms with Gasteiger partial charge in [0, 0.05) is 19.6 Å². The molecule has 0 unspecified atom stereocenters. The molecule has 0 aliphatic carbocycles. The fraction of sp³-hybridized carbons (Fsp3) is 0.909. The van der Waals surface area contributed by atoms with Gasteiger partial charge in [0.1, 0.15) is 0 Å². The van der Waals surface area contributed by atoms with E-state index in [0.717, 1.165) is 39.3 Å². The molecule has 0 atom stereocenters. The van der Waals surface area contributed by atoms with Gasteiger partial charge in [-0.25, -0.2) is 0 Å². The number of nitrogens with zero attached hydrogens (tertiary/aromatic N) is 2. The average Bonchev–Trinajstić information content (AvgIpc) is 2.30. The van der Waals surface area contributed by atoms with Gasteiger partial charge < -0.3 is 15.4 Å². The fourth-order valence-corrected chi connectivity index (χ4v) is 1.62. The molecule has 0 radical (unpaired) electrons. The van der Waals surface area contributed by atoms with Gasteiger partial charge in [0.25, 0.3) is 0 Å². The maximum Gasteiger partial charge on any atom is 0.191 e. The van der Waals surface area contributed by atoms with E-state index in [-0.39, 0.29) is 0 Å². The molecule has 1 saturated heterocycles. The van der Waals surface area contributed by atoms with Crippen molar-refractivity contribution in [1.29, 1.82) is 0 Å². The van der Waals surface area contributed by atoms with E-state index < -0.39 is 0 Å². The molecule has 1 heterocycles. The largest absolute Gasteiger partial charge is 0.378 e. The Morgan fingerprint density at radius 2 is 2.00 bits per heavy atom. The van der Waals surface area contributed by atoms with Crippen molar-refractivity contribution in [1.82, 2.24) is 4.90 Å². The topological polar surface area (TPSA) is 50.8 Å². The molecule has 0 aromatic carbocycles. The molecule has 0 amide bonds. The van der Waals surface area contributed by atoms with Crippen molar-refractivity contribution in [3.8, 4) is 0 Å². The smallest absolute Gasteiger partial charge is 0.191 e. The van der Waals surface area contributed by atoms with Crippen molar-refractivity contribution in [2.24, 2.45) is 10.7 Å². The zero-order chi connectivity index (χ0) is 10.9. The van der Waals surface area contributed by atoms with Crippen LogP contribution in [0.25, 0.3) is 0 Å². The van der Waals surface area contributed by atoms with Gasteiger partial charge in [-0.15, -0.1) is 0 Å². The zero-order valence-corrected chi connectivity index (χ0v) is 9.74. The van der Waals surface area contributed by atoms with E-state index in [4.69, 9.17) is 10.5 Å². The van der Waals surface area contributed by atoms with Crippen LogP contribution in [-0.2, 0) is 4.74 Å². The first-order valence-electron chi connectivity index (χ1n) is 5.97. The molecule has 0 aromatic heterocycles. The molecular weight excluding hydrogens is 190 g/mol. The maximum absolute atomic E-state index is 5.88. The van der Waals surface area contributed by atoms with Crippen LogP contribution in [0.3, 0.4) is 0 Å². The predicted molar refractivity (Wildman–Crippen MR) is 63.0 cm³/mol. The van der Waals surface area contributed by atoms with Gasteiger partial charge in [0.2, 0.25) is 0 Å². The molecular formula is C11H23N3O. The summed E-state index contributed by atoms with van der Waals surface area (Å²) < 4.78 is 5.26. The molecule has 15 heavy (non-hydrogen) atoms. The Morgan fingerprint density at radius 3 is 2.67 bits per heavy atom. The van der Waals surface area contributed by atoms with E-state index >= 15 is 0 Å². The molecule has 1 rings (SSSR count). The van der Waals surface area contributed by atoms with E-state index in [0.29, 0.717) is 5.96 Å². The summed E-state index contributed by atoms with van der Waals surface area (Å²) in [7, 11) is 0. The van der Waals surface area contributed by atoms with Gasteiger partial charge in [-0.2, -0.15) is 0 Å². The summed E-state index contributed by atoms with van der Waals surface area (Å²) in [5.74, 6) is 0.690. The Bertz CT molecular complexity index is 188. The average molecular weight is 213 g/mol. The van der Waals surface area contributed by atoms with Crippen LogP contribution in [0.5, 0.6) is 0 Å². The Hall–Kier alpha value is -0.770. The molecule has 0 aromatic rings. The summed E-state index contributed by atoms with van der Waals surface area (Å²) in [6.45, 7) is 6.38. The molecule has 0 bridgehead atoms. The van der Waals surface area contributed by atoms with Gasteiger partial charge in [0.05, 0.1) is 13.2 Å². The van der Waals surface area contributed by atoms with Crippen molar-refractivity contribution in [2.45, 2.75) is 32.6 Å². The normalized spacial score (nSPS) is 18.2. The van der Waals surface area contributed by atoms with Crippen LogP contribution in [0.4, 0.5) is 0 Å². The van der Waals surface area contributed by atoms with Gasteiger partial charge >= 0.3 is 0 Å². The lowest BCUT2D eigenvalue weighted by molar-refractivity contribution is 0.0674. The Kier molecular flexibility index (Phi) is 6.16. The first-order chi connectivity index (χ1) is 7.34. The molecule has 1 aliphatic heterocycles. The third-order valence-corrected chi connectivity index (χ3v) is 2.62. The highest BCUT2D eigenvalue weighted by molar-refractivity contribution is 5.78. The van der Waals surface area contributed by atoms with E-state index in [1.54, 1.807) is 0 Å². The maximum atomic E-state index is 5.88. The number of rotatable bonds is 5. The number of morpholine rings is 1. The van der Waals surface area contributed by atoms with Crippen LogP contribution in [0.1, 0.15) is 32.6 Å². The molecule has 1 aliphatic rings. The standard InChI is InChI=1S/C11H23N3O/c1-2-3-4-5-6-13-11(12)14-7-9-15-10-8-14/h2-10H2,1H3,(H2,12,13). The minimum Gasteiger partial charge on any atom is -0.378 e. The Balaban J connectivity index is 2.13. The molecule has 4 nitrogen and oxygen atoms in total. The Morgan fingerprint density at radius 1 is 1.27 bits per heavy atom. The SMILES string of the molecule is CCCCCCN=C(N)N1CCOCC1. The molecule has 0 spiro atoms. The van der Waals surface area contributed by atoms with Crippen LogP contribution in [0.15, 0.2) is 4.99 Å². The lowest BCUT2D eigenvalue weighted by atomic mass is 10.2. The van der Waals surface area contributed by atoms with Gasteiger partial charge in [-0.05, 0) is 6.42 Å². The molecule has 4 heteroatoms. The van der Waals surface area contributed by atoms with E-state index in [1.807, 2.05) is 0 Å². The second kappa shape index (κ2) is 7.51. The second-order valence-corrected chi connectivity index (χ2v) is 3.90. The summed E-state index contributed by atoms with van der Waals surface area (Å²) in [5.41, 5.74) is 5.88. The monoisotopic (exact) mass is 213 g/mol. The lowest BCUT2D eigenvalue weighted by Gasteiger charge is -2.27. The summed E-state index contributed by atoms with van der Waals surface area (Å²) in [5, 5.41) is 0. The molecule has 2 N–H and O–H groups in total. The zero-order valence-electron chi connectivity index (χ0n) is 9.74. The van der Waals surface area contributed by atoms with Crippen molar-refractivity contribution in [3.05, 3.63) is 0 Å². The Labute approximate surface area is 92.5 Å². The van der Waals surface area contributed by atoms with E-state index in [9.17, 15) is 0 Å². The summed E-state index contributed by atoms with van der Waals surface area (Å²) >= 11 is 0. The van der Waals surface area contributed by atoms with Crippen molar-refractivity contribution >= 4 is 5.96 Å². The van der Waals surface area contributed by atoms with Crippen LogP contribution in [0, 0.1) is 0 Å². The van der Waals surface area contributed by atoms with E-state index in [2.05, 4.69) is 16.8 Å². The minimum absolute atomic E-state index is 0.690. The van der Waals surface area contributed by atoms with Crippen LogP contribution < -0.4 is 5.73 Å². The van der Waals surface area contributed by atoms with Crippen LogP contribution in [-0.4, -0.2) is 43.7 Å². The van der Waals surface area contributed by atoms with Crippen molar-refractivity contribution < 1.29 is 4.74 Å².